The predicted molar refractivity (Wildman–Crippen MR) is 142 cm³/mol. The molecule has 0 radical (unpaired) electrons. The topological polar surface area (TPSA) is 219 Å². The number of aliphatic hydroxyl groups excluding tert-OH is 1. The largest absolute Gasteiger partial charge is 0.390 e. The van der Waals surface area contributed by atoms with Gasteiger partial charge in [-0.25, -0.2) is 31.1 Å². The molecule has 1 aliphatic rings. The van der Waals surface area contributed by atoms with Crippen molar-refractivity contribution in [3.8, 4) is 0 Å². The van der Waals surface area contributed by atoms with Gasteiger partial charge in [-0.1, -0.05) is 0 Å². The Bertz CT molecular complexity index is 1150. The summed E-state index contributed by atoms with van der Waals surface area (Å²) in [5.74, 6) is -0.591. The predicted octanol–water partition coefficient (Wildman–Crippen LogP) is -0.0462. The van der Waals surface area contributed by atoms with E-state index in [9.17, 15) is 26.3 Å². The number of aliphatic hydroxyl groups is 1. The molecule has 0 bridgehead atoms. The van der Waals surface area contributed by atoms with Gasteiger partial charge in [-0.3, -0.25) is 0 Å². The average molecular weight is 746 g/mol. The van der Waals surface area contributed by atoms with E-state index >= 15 is 0 Å². The van der Waals surface area contributed by atoms with Gasteiger partial charge in [0.2, 0.25) is 20.0 Å². The minimum absolute atomic E-state index is 0.109. The maximum absolute atomic E-state index is 14.7. The van der Waals surface area contributed by atoms with Gasteiger partial charge in [0, 0.05) is 37.8 Å². The first kappa shape index (κ1) is 29.6. The lowest BCUT2D eigenvalue weighted by atomic mass is 9.94. The summed E-state index contributed by atoms with van der Waals surface area (Å²) in [5, 5.41) is 18.9. The van der Waals surface area contributed by atoms with Crippen LogP contribution in [0.1, 0.15) is 12.0 Å². The van der Waals surface area contributed by atoms with Crippen molar-refractivity contribution < 1.29 is 26.3 Å². The molecule has 13 nitrogen and oxygen atoms in total. The van der Waals surface area contributed by atoms with Crippen LogP contribution in [0, 0.1) is 5.92 Å². The van der Waals surface area contributed by atoms with E-state index in [1.807, 2.05) is 0 Å². The number of amidine groups is 1. The van der Waals surface area contributed by atoms with Gasteiger partial charge in [0.1, 0.15) is 38.8 Å². The van der Waals surface area contributed by atoms with Crippen molar-refractivity contribution in [1.29, 1.82) is 0 Å². The minimum atomic E-state index is -4.69. The van der Waals surface area contributed by atoms with Crippen LogP contribution in [0.5, 0.6) is 0 Å². The summed E-state index contributed by atoms with van der Waals surface area (Å²) >= 11 is 3.11. The van der Waals surface area contributed by atoms with Crippen LogP contribution < -0.4 is 26.2 Å². The summed E-state index contributed by atoms with van der Waals surface area (Å²) in [5.41, 5.74) is 10.9. The van der Waals surface area contributed by atoms with Gasteiger partial charge in [0.05, 0.1) is 34.5 Å². The van der Waals surface area contributed by atoms with Gasteiger partial charge < -0.3 is 21.5 Å². The summed E-state index contributed by atoms with van der Waals surface area (Å²) in [4.78, 5) is 0.0936. The van der Waals surface area contributed by atoms with Gasteiger partial charge in [0.25, 0.3) is 0 Å². The quantitative estimate of drug-likeness (QED) is 0.0997. The smallest absolute Gasteiger partial charge is 0.242 e. The van der Waals surface area contributed by atoms with E-state index in [4.69, 9.17) is 16.6 Å². The maximum Gasteiger partial charge on any atom is 0.242 e. The number of hydrogen-bond donors (Lipinski definition) is 5. The highest BCUT2D eigenvalue weighted by Crippen LogP contribution is 2.36. The Morgan fingerprint density at radius 2 is 1.97 bits per heavy atom. The third kappa shape index (κ3) is 6.99. The Morgan fingerprint density at radius 1 is 1.29 bits per heavy atom. The Labute approximate surface area is 224 Å². The molecule has 1 fully saturated rings. The molecule has 0 spiro atoms. The first-order chi connectivity index (χ1) is 15.9. The lowest BCUT2D eigenvalue weighted by Gasteiger charge is -2.37. The molecule has 3 atom stereocenters. The second kappa shape index (κ2) is 12.6. The SMILES string of the molecule is NC[C@@H](O)CNS(=O)(=O)c1ccc(N2CC[C@@H](CN)[C@@H](F)C2)c(C(/N=N\I)=N/I)c1S(N)(=O)=O. The van der Waals surface area contributed by atoms with E-state index in [-0.39, 0.29) is 42.6 Å². The number of halogens is 3. The normalized spacial score (nSPS) is 21.3. The zero-order chi connectivity index (χ0) is 25.7. The van der Waals surface area contributed by atoms with Crippen LogP contribution >= 0.6 is 45.7 Å². The second-order valence-electron chi connectivity index (χ2n) is 7.40. The maximum atomic E-state index is 14.7. The molecule has 8 N–H and O–H groups in total. The van der Waals surface area contributed by atoms with Gasteiger partial charge in [-0.15, -0.1) is 8.44 Å². The fraction of sp³-hybridized carbons (Fsp3) is 0.562. The van der Waals surface area contributed by atoms with Gasteiger partial charge in [-0.05, 0) is 25.1 Å². The molecule has 1 aromatic carbocycles. The number of hydrogen-bond acceptors (Lipinski definition) is 10. The van der Waals surface area contributed by atoms with Crippen molar-refractivity contribution in [2.24, 2.45) is 34.2 Å². The van der Waals surface area contributed by atoms with Crippen LogP contribution in [0.2, 0.25) is 0 Å². The molecule has 0 aliphatic carbocycles. The number of sulfonamides is 2. The van der Waals surface area contributed by atoms with Crippen molar-refractivity contribution in [2.75, 3.05) is 37.6 Å². The first-order valence-corrected chi connectivity index (χ1v) is 14.7. The lowest BCUT2D eigenvalue weighted by molar-refractivity contribution is 0.186. The Hall–Kier alpha value is -0.620. The molecular formula is C16H25FI2N8O5S2. The highest BCUT2D eigenvalue weighted by molar-refractivity contribution is 14.1. The number of piperidine rings is 1. The molecule has 0 unspecified atom stereocenters. The fourth-order valence-corrected chi connectivity index (χ4v) is 6.69. The number of nitrogens with two attached hydrogens (primary N) is 3. The summed E-state index contributed by atoms with van der Waals surface area (Å²) in [6, 6.07) is 2.38. The number of alkyl halides is 1. The van der Waals surface area contributed by atoms with Crippen molar-refractivity contribution in [1.82, 2.24) is 4.72 Å². The molecule has 1 aliphatic heterocycles. The molecular weight excluding hydrogens is 721 g/mol. The monoisotopic (exact) mass is 746 g/mol. The van der Waals surface area contributed by atoms with Crippen molar-refractivity contribution in [3.05, 3.63) is 17.7 Å². The summed E-state index contributed by atoms with van der Waals surface area (Å²) in [6.45, 7) is -0.314. The number of nitrogens with one attached hydrogen (secondary N) is 1. The molecule has 1 saturated heterocycles. The molecule has 1 aromatic rings. The lowest BCUT2D eigenvalue weighted by Crippen LogP contribution is -2.45. The molecule has 18 heteroatoms. The average Bonchev–Trinajstić information content (AvgIpc) is 2.79. The van der Waals surface area contributed by atoms with E-state index in [1.165, 1.54) is 6.07 Å². The van der Waals surface area contributed by atoms with E-state index in [0.29, 0.717) is 13.0 Å². The fourth-order valence-electron chi connectivity index (χ4n) is 3.48. The summed E-state index contributed by atoms with van der Waals surface area (Å²) in [6.07, 6.45) is -2.10. The van der Waals surface area contributed by atoms with Crippen molar-refractivity contribution in [2.45, 2.75) is 28.5 Å². The zero-order valence-corrected chi connectivity index (χ0v) is 23.6. The number of rotatable bonds is 9. The Balaban J connectivity index is 2.80. The van der Waals surface area contributed by atoms with Crippen LogP contribution in [0.25, 0.3) is 0 Å². The third-order valence-electron chi connectivity index (χ3n) is 5.21. The number of primary sulfonamides is 1. The van der Waals surface area contributed by atoms with Gasteiger partial charge in [-0.2, -0.15) is 3.21 Å². The van der Waals surface area contributed by atoms with Crippen LogP contribution in [0.3, 0.4) is 0 Å². The second-order valence-corrected chi connectivity index (χ2v) is 11.6. The van der Waals surface area contributed by atoms with Gasteiger partial charge in [0.15, 0.2) is 5.84 Å². The van der Waals surface area contributed by atoms with Crippen LogP contribution in [0.15, 0.2) is 33.6 Å². The van der Waals surface area contributed by atoms with Crippen LogP contribution in [-0.4, -0.2) is 72.8 Å². The van der Waals surface area contributed by atoms with Crippen molar-refractivity contribution >= 4 is 77.3 Å². The molecule has 0 saturated carbocycles. The van der Waals surface area contributed by atoms with Crippen LogP contribution in [-0.2, 0) is 20.0 Å². The number of benzene rings is 1. The van der Waals surface area contributed by atoms with E-state index in [1.54, 1.807) is 50.6 Å². The summed E-state index contributed by atoms with van der Waals surface area (Å²) in [7, 11) is -9.18. The van der Waals surface area contributed by atoms with E-state index in [0.717, 1.165) is 6.07 Å². The molecule has 0 amide bonds. The standard InChI is InChI=1S/C16H25FI2N8O5S2/c17-11-8-27(4-3-9(11)5-20)12-1-2-13(34(31,32)23-7-10(28)6-21)15(33(22,29)30)14(12)16(24-18)25-26-19/h1-2,9-11,23,28H,3-8,20-21H2,(H2,22,29,30)/b24-16-,26-25-/t9-,10+,11-/m0/s1. The highest BCUT2D eigenvalue weighted by Gasteiger charge is 2.36. The Morgan fingerprint density at radius 3 is 2.47 bits per heavy atom. The van der Waals surface area contributed by atoms with E-state index < -0.39 is 48.7 Å². The van der Waals surface area contributed by atoms with E-state index in [2.05, 4.69) is 16.4 Å². The van der Waals surface area contributed by atoms with Crippen LogP contribution in [0.4, 0.5) is 10.1 Å². The minimum Gasteiger partial charge on any atom is -0.390 e. The molecule has 0 aromatic heterocycles. The molecule has 192 valence electrons. The Kier molecular flexibility index (Phi) is 10.9. The molecule has 1 heterocycles. The zero-order valence-electron chi connectivity index (χ0n) is 17.7. The van der Waals surface area contributed by atoms with Crippen molar-refractivity contribution in [3.63, 3.8) is 0 Å². The third-order valence-corrected chi connectivity index (χ3v) is 8.47. The highest BCUT2D eigenvalue weighted by atomic mass is 127. The number of nitrogens with zero attached hydrogens (tertiary/aromatic N) is 4. The molecule has 2 rings (SSSR count). The number of anilines is 1. The summed E-state index contributed by atoms with van der Waals surface area (Å²) < 4.78 is 75.7. The van der Waals surface area contributed by atoms with Gasteiger partial charge >= 0.3 is 0 Å². The molecule has 34 heavy (non-hydrogen) atoms. The first-order valence-electron chi connectivity index (χ1n) is 9.79.